The molecule has 0 N–H and O–H groups in total. The van der Waals surface area contributed by atoms with Crippen molar-refractivity contribution in [2.75, 3.05) is 0 Å². The summed E-state index contributed by atoms with van der Waals surface area (Å²) >= 11 is 0. The van der Waals surface area contributed by atoms with E-state index in [9.17, 15) is 0 Å². The monoisotopic (exact) mass is 142 g/mol. The zero-order valence-corrected chi connectivity index (χ0v) is 7.26. The van der Waals surface area contributed by atoms with Gasteiger partial charge in [-0.25, -0.2) is 0 Å². The Morgan fingerprint density at radius 1 is 1.40 bits per heavy atom. The van der Waals surface area contributed by atoms with Crippen molar-refractivity contribution in [3.63, 3.8) is 0 Å². The van der Waals surface area contributed by atoms with E-state index in [0.717, 1.165) is 12.8 Å². The molecule has 1 atom stereocenters. The van der Waals surface area contributed by atoms with Gasteiger partial charge in [0, 0.05) is 0 Å². The molecule has 0 aliphatic rings. The highest BCUT2D eigenvalue weighted by Crippen LogP contribution is 2.04. The first kappa shape index (κ1) is 9.96. The highest BCUT2D eigenvalue weighted by Gasteiger charge is 2.02. The van der Waals surface area contributed by atoms with Gasteiger partial charge in [-0.3, -0.25) is 0 Å². The van der Waals surface area contributed by atoms with Crippen LogP contribution >= 0.6 is 0 Å². The second-order valence-electron chi connectivity index (χ2n) is 2.77. The van der Waals surface area contributed by atoms with Gasteiger partial charge in [0.1, 0.15) is 0 Å². The first-order chi connectivity index (χ1) is 4.66. The summed E-state index contributed by atoms with van der Waals surface area (Å²) < 4.78 is 5.47. The Labute approximate surface area is 64.8 Å². The van der Waals surface area contributed by atoms with Crippen LogP contribution in [0.3, 0.4) is 0 Å². The predicted octanol–water partition coefficient (Wildman–Crippen LogP) is 2.62. The lowest BCUT2D eigenvalue weighted by Gasteiger charge is -2.14. The molecule has 0 saturated carbocycles. The first-order valence-electron chi connectivity index (χ1n) is 3.95. The Hall–Kier alpha value is -0.0400. The van der Waals surface area contributed by atoms with Crippen LogP contribution in [0.25, 0.3) is 0 Å². The zero-order valence-electron chi connectivity index (χ0n) is 7.26. The van der Waals surface area contributed by atoms with E-state index in [4.69, 9.17) is 4.74 Å². The molecule has 0 amide bonds. The largest absolute Gasteiger partial charge is 0.376 e. The highest BCUT2D eigenvalue weighted by molar-refractivity contribution is 4.73. The minimum atomic E-state index is 0.279. The molecule has 0 aromatic rings. The Balaban J connectivity index is 3.16. The third-order valence-electron chi connectivity index (χ3n) is 1.19. The molecule has 2 radical (unpaired) electrons. The SMILES string of the molecule is [CH2]CC[CH]C(C)OC(C)C. The van der Waals surface area contributed by atoms with Crippen molar-refractivity contribution in [2.24, 2.45) is 0 Å². The molecule has 10 heavy (non-hydrogen) atoms. The Kier molecular flexibility index (Phi) is 5.70. The van der Waals surface area contributed by atoms with Gasteiger partial charge in [-0.15, -0.1) is 0 Å². The lowest BCUT2D eigenvalue weighted by Crippen LogP contribution is -2.14. The normalized spacial score (nSPS) is 14.1. The third-order valence-corrected chi connectivity index (χ3v) is 1.19. The van der Waals surface area contributed by atoms with Crippen molar-refractivity contribution in [3.05, 3.63) is 13.3 Å². The quantitative estimate of drug-likeness (QED) is 0.573. The van der Waals surface area contributed by atoms with E-state index in [2.05, 4.69) is 34.1 Å². The fourth-order valence-electron chi connectivity index (χ4n) is 0.837. The molecule has 0 spiro atoms. The molecule has 0 bridgehead atoms. The molecular weight excluding hydrogens is 124 g/mol. The molecule has 0 aromatic carbocycles. The molecular formula is C9H18O. The van der Waals surface area contributed by atoms with E-state index < -0.39 is 0 Å². The van der Waals surface area contributed by atoms with Crippen LogP contribution in [-0.2, 0) is 4.74 Å². The van der Waals surface area contributed by atoms with Crippen LogP contribution in [-0.4, -0.2) is 12.2 Å². The van der Waals surface area contributed by atoms with Crippen molar-refractivity contribution in [2.45, 2.75) is 45.8 Å². The summed E-state index contributed by atoms with van der Waals surface area (Å²) in [4.78, 5) is 0. The van der Waals surface area contributed by atoms with Crippen molar-refractivity contribution in [3.8, 4) is 0 Å². The highest BCUT2D eigenvalue weighted by atomic mass is 16.5. The molecule has 0 aliphatic carbocycles. The summed E-state index contributed by atoms with van der Waals surface area (Å²) in [5.74, 6) is 0. The standard InChI is InChI=1S/C9H18O/c1-5-6-7-9(4)10-8(2)3/h7-9H,1,5-6H2,2-4H3. The van der Waals surface area contributed by atoms with Gasteiger partial charge < -0.3 is 4.74 Å². The number of hydrogen-bond donors (Lipinski definition) is 0. The summed E-state index contributed by atoms with van der Waals surface area (Å²) in [5.41, 5.74) is 0. The van der Waals surface area contributed by atoms with Crippen LogP contribution in [0, 0.1) is 13.3 Å². The minimum Gasteiger partial charge on any atom is -0.376 e. The van der Waals surface area contributed by atoms with Crippen molar-refractivity contribution in [1.29, 1.82) is 0 Å². The number of rotatable bonds is 5. The van der Waals surface area contributed by atoms with Gasteiger partial charge in [0.25, 0.3) is 0 Å². The molecule has 0 rings (SSSR count). The first-order valence-corrected chi connectivity index (χ1v) is 3.95. The van der Waals surface area contributed by atoms with Gasteiger partial charge in [0.05, 0.1) is 12.2 Å². The van der Waals surface area contributed by atoms with E-state index in [-0.39, 0.29) is 6.10 Å². The Morgan fingerprint density at radius 2 is 2.00 bits per heavy atom. The van der Waals surface area contributed by atoms with Crippen LogP contribution < -0.4 is 0 Å². The average molecular weight is 142 g/mol. The van der Waals surface area contributed by atoms with Crippen LogP contribution in [0.5, 0.6) is 0 Å². The topological polar surface area (TPSA) is 9.23 Å². The minimum absolute atomic E-state index is 0.279. The smallest absolute Gasteiger partial charge is 0.0582 e. The molecule has 1 nitrogen and oxygen atoms in total. The van der Waals surface area contributed by atoms with Crippen molar-refractivity contribution < 1.29 is 4.74 Å². The number of unbranched alkanes of at least 4 members (excludes halogenated alkanes) is 1. The lowest BCUT2D eigenvalue weighted by atomic mass is 10.2. The van der Waals surface area contributed by atoms with E-state index in [0.29, 0.717) is 6.10 Å². The van der Waals surface area contributed by atoms with Gasteiger partial charge in [-0.2, -0.15) is 0 Å². The molecule has 0 aliphatic heterocycles. The molecule has 1 unspecified atom stereocenters. The van der Waals surface area contributed by atoms with Crippen LogP contribution in [0.1, 0.15) is 33.6 Å². The summed E-state index contributed by atoms with van der Waals surface area (Å²) in [6.07, 6.45) is 4.78. The third kappa shape index (κ3) is 6.09. The molecule has 0 fully saturated rings. The number of hydrogen-bond acceptors (Lipinski definition) is 1. The molecule has 1 heteroatoms. The summed E-state index contributed by atoms with van der Waals surface area (Å²) in [6.45, 7) is 9.92. The second-order valence-corrected chi connectivity index (χ2v) is 2.77. The van der Waals surface area contributed by atoms with Gasteiger partial charge in [-0.1, -0.05) is 13.3 Å². The van der Waals surface area contributed by atoms with E-state index in [1.165, 1.54) is 0 Å². The Morgan fingerprint density at radius 3 is 2.40 bits per heavy atom. The summed E-state index contributed by atoms with van der Waals surface area (Å²) in [7, 11) is 0. The molecule has 0 heterocycles. The maximum atomic E-state index is 5.47. The van der Waals surface area contributed by atoms with Crippen LogP contribution in [0.2, 0.25) is 0 Å². The lowest BCUT2D eigenvalue weighted by molar-refractivity contribution is 0.0356. The predicted molar refractivity (Wildman–Crippen MR) is 44.6 cm³/mol. The Bertz CT molecular complexity index is 69.1. The summed E-state index contributed by atoms with van der Waals surface area (Å²) in [6, 6.07) is 0. The number of ether oxygens (including phenoxy) is 1. The molecule has 0 aromatic heterocycles. The molecule has 60 valence electrons. The van der Waals surface area contributed by atoms with E-state index in [1.807, 2.05) is 0 Å². The summed E-state index contributed by atoms with van der Waals surface area (Å²) in [5, 5.41) is 0. The van der Waals surface area contributed by atoms with Crippen LogP contribution in [0.15, 0.2) is 0 Å². The maximum Gasteiger partial charge on any atom is 0.0582 e. The second kappa shape index (κ2) is 5.72. The van der Waals surface area contributed by atoms with Gasteiger partial charge in [-0.05, 0) is 33.6 Å². The van der Waals surface area contributed by atoms with E-state index in [1.54, 1.807) is 0 Å². The van der Waals surface area contributed by atoms with Crippen molar-refractivity contribution >= 4 is 0 Å². The van der Waals surface area contributed by atoms with Crippen molar-refractivity contribution in [1.82, 2.24) is 0 Å². The van der Waals surface area contributed by atoms with Gasteiger partial charge in [0.15, 0.2) is 0 Å². The van der Waals surface area contributed by atoms with Gasteiger partial charge in [0.2, 0.25) is 0 Å². The van der Waals surface area contributed by atoms with E-state index >= 15 is 0 Å². The maximum absolute atomic E-state index is 5.47. The molecule has 0 saturated heterocycles. The fourth-order valence-corrected chi connectivity index (χ4v) is 0.837. The van der Waals surface area contributed by atoms with Crippen LogP contribution in [0.4, 0.5) is 0 Å². The zero-order chi connectivity index (χ0) is 7.98. The van der Waals surface area contributed by atoms with Gasteiger partial charge >= 0.3 is 0 Å². The fraction of sp³-hybridized carbons (Fsp3) is 0.778. The average Bonchev–Trinajstić information content (AvgIpc) is 1.82.